The molecule has 0 atom stereocenters. The first-order chi connectivity index (χ1) is 17.4. The van der Waals surface area contributed by atoms with E-state index in [2.05, 4.69) is 4.98 Å². The number of hydrogen-bond acceptors (Lipinski definition) is 7. The van der Waals surface area contributed by atoms with Crippen molar-refractivity contribution in [3.05, 3.63) is 77.4 Å². The van der Waals surface area contributed by atoms with Gasteiger partial charge in [-0.2, -0.15) is 4.31 Å². The smallest absolute Gasteiger partial charge is 0.243 e. The Bertz CT molecular complexity index is 1390. The first kappa shape index (κ1) is 28.9. The molecule has 0 bridgehead atoms. The summed E-state index contributed by atoms with van der Waals surface area (Å²) in [6.45, 7) is 2.82. The SMILES string of the molecule is COCCn1c(CN(CCN(C)C)S(=O)(=O)c2ccc(C)cc2)cnc1S(=O)(=O)Cc1ccc(F)cc1. The monoisotopic (exact) mass is 552 g/mol. The van der Waals surface area contributed by atoms with Crippen LogP contribution in [0.4, 0.5) is 4.39 Å². The van der Waals surface area contributed by atoms with Gasteiger partial charge in [0.15, 0.2) is 0 Å². The molecular weight excluding hydrogens is 519 g/mol. The molecule has 3 rings (SSSR count). The van der Waals surface area contributed by atoms with Crippen molar-refractivity contribution in [2.75, 3.05) is 40.9 Å². The number of likely N-dealkylation sites (N-methyl/N-ethyl adjacent to an activating group) is 1. The second kappa shape index (κ2) is 12.3. The number of benzene rings is 2. The Morgan fingerprint density at radius 2 is 1.62 bits per heavy atom. The van der Waals surface area contributed by atoms with E-state index < -0.39 is 25.7 Å². The van der Waals surface area contributed by atoms with E-state index in [0.717, 1.165) is 5.56 Å². The van der Waals surface area contributed by atoms with Gasteiger partial charge in [-0.1, -0.05) is 29.8 Å². The van der Waals surface area contributed by atoms with Gasteiger partial charge in [-0.15, -0.1) is 0 Å². The first-order valence-electron chi connectivity index (χ1n) is 11.7. The summed E-state index contributed by atoms with van der Waals surface area (Å²) in [6.07, 6.45) is 1.39. The number of aryl methyl sites for hydroxylation is 1. The van der Waals surface area contributed by atoms with Crippen LogP contribution in [0.25, 0.3) is 0 Å². The molecule has 0 saturated heterocycles. The summed E-state index contributed by atoms with van der Waals surface area (Å²) in [4.78, 5) is 6.21. The Kier molecular flexibility index (Phi) is 9.59. The van der Waals surface area contributed by atoms with E-state index in [9.17, 15) is 21.2 Å². The van der Waals surface area contributed by atoms with Crippen molar-refractivity contribution in [1.29, 1.82) is 0 Å². The molecule has 0 amide bonds. The highest BCUT2D eigenvalue weighted by Gasteiger charge is 2.29. The van der Waals surface area contributed by atoms with Crippen LogP contribution in [-0.4, -0.2) is 76.5 Å². The lowest BCUT2D eigenvalue weighted by Gasteiger charge is -2.24. The van der Waals surface area contributed by atoms with Crippen LogP contribution in [0, 0.1) is 12.7 Å². The quantitative estimate of drug-likeness (QED) is 0.321. The molecule has 2 aromatic carbocycles. The van der Waals surface area contributed by atoms with E-state index in [1.807, 2.05) is 25.9 Å². The molecule has 0 unspecified atom stereocenters. The summed E-state index contributed by atoms with van der Waals surface area (Å²) in [5.41, 5.74) is 1.77. The maximum Gasteiger partial charge on any atom is 0.243 e. The van der Waals surface area contributed by atoms with Crippen molar-refractivity contribution in [1.82, 2.24) is 18.8 Å². The fourth-order valence-corrected chi connectivity index (χ4v) is 6.61. The molecule has 0 saturated carbocycles. The largest absolute Gasteiger partial charge is 0.383 e. The number of hydrogen-bond donors (Lipinski definition) is 0. The Balaban J connectivity index is 1.99. The van der Waals surface area contributed by atoms with E-state index >= 15 is 0 Å². The van der Waals surface area contributed by atoms with Gasteiger partial charge in [0.25, 0.3) is 0 Å². The molecule has 0 radical (unpaired) electrons. The van der Waals surface area contributed by atoms with E-state index in [-0.39, 0.29) is 42.0 Å². The molecule has 0 N–H and O–H groups in total. The molecule has 202 valence electrons. The normalized spacial score (nSPS) is 12.5. The summed E-state index contributed by atoms with van der Waals surface area (Å²) >= 11 is 0. The maximum absolute atomic E-state index is 13.6. The molecule has 9 nitrogen and oxygen atoms in total. The van der Waals surface area contributed by atoms with Crippen LogP contribution in [-0.2, 0) is 43.4 Å². The number of ether oxygens (including phenoxy) is 1. The number of aromatic nitrogens is 2. The van der Waals surface area contributed by atoms with Gasteiger partial charge in [0, 0.05) is 26.7 Å². The van der Waals surface area contributed by atoms with Gasteiger partial charge in [-0.3, -0.25) is 0 Å². The van der Waals surface area contributed by atoms with E-state index in [1.165, 1.54) is 46.4 Å². The Hall–Kier alpha value is -2.64. The van der Waals surface area contributed by atoms with Crippen LogP contribution < -0.4 is 0 Å². The van der Waals surface area contributed by atoms with Crippen LogP contribution in [0.2, 0.25) is 0 Å². The van der Waals surface area contributed by atoms with E-state index in [1.54, 1.807) is 24.3 Å². The number of imidazole rings is 1. The lowest BCUT2D eigenvalue weighted by molar-refractivity contribution is 0.182. The summed E-state index contributed by atoms with van der Waals surface area (Å²) in [7, 11) is -2.61. The third-order valence-electron chi connectivity index (χ3n) is 5.76. The molecule has 1 heterocycles. The van der Waals surface area contributed by atoms with Crippen LogP contribution in [0.5, 0.6) is 0 Å². The molecule has 3 aromatic rings. The van der Waals surface area contributed by atoms with Crippen molar-refractivity contribution < 1.29 is 26.0 Å². The van der Waals surface area contributed by atoms with Crippen molar-refractivity contribution in [3.8, 4) is 0 Å². The fourth-order valence-electron chi connectivity index (χ4n) is 3.69. The van der Waals surface area contributed by atoms with Crippen LogP contribution in [0.1, 0.15) is 16.8 Å². The second-order valence-electron chi connectivity index (χ2n) is 9.02. The maximum atomic E-state index is 13.6. The number of sulfone groups is 1. The van der Waals surface area contributed by atoms with Crippen molar-refractivity contribution in [2.45, 2.75) is 35.8 Å². The lowest BCUT2D eigenvalue weighted by atomic mass is 10.2. The molecule has 0 spiro atoms. The highest BCUT2D eigenvalue weighted by atomic mass is 32.2. The molecule has 37 heavy (non-hydrogen) atoms. The molecule has 0 aliphatic carbocycles. The molecule has 1 aromatic heterocycles. The van der Waals surface area contributed by atoms with Gasteiger partial charge in [0.05, 0.1) is 35.7 Å². The summed E-state index contributed by atoms with van der Waals surface area (Å²) < 4.78 is 75.0. The number of sulfonamides is 1. The van der Waals surface area contributed by atoms with Gasteiger partial charge in [0.1, 0.15) is 5.82 Å². The third kappa shape index (κ3) is 7.45. The number of halogens is 1. The highest BCUT2D eigenvalue weighted by molar-refractivity contribution is 7.90. The van der Waals surface area contributed by atoms with Gasteiger partial charge in [-0.05, 0) is 50.8 Å². The lowest BCUT2D eigenvalue weighted by Crippen LogP contribution is -2.37. The minimum atomic E-state index is -3.92. The third-order valence-corrected chi connectivity index (χ3v) is 9.22. The summed E-state index contributed by atoms with van der Waals surface area (Å²) in [5.74, 6) is -0.833. The van der Waals surface area contributed by atoms with Crippen LogP contribution >= 0.6 is 0 Å². The van der Waals surface area contributed by atoms with Crippen molar-refractivity contribution in [3.63, 3.8) is 0 Å². The minimum Gasteiger partial charge on any atom is -0.383 e. The molecule has 0 aliphatic heterocycles. The number of rotatable bonds is 13. The van der Waals surface area contributed by atoms with E-state index in [4.69, 9.17) is 4.74 Å². The second-order valence-corrected chi connectivity index (χ2v) is 12.8. The zero-order valence-corrected chi connectivity index (χ0v) is 23.1. The van der Waals surface area contributed by atoms with Gasteiger partial charge < -0.3 is 14.2 Å². The fraction of sp³-hybridized carbons (Fsp3) is 0.400. The molecule has 12 heteroatoms. The number of nitrogens with zero attached hydrogens (tertiary/aromatic N) is 4. The molecule has 0 fully saturated rings. The first-order valence-corrected chi connectivity index (χ1v) is 14.8. The summed E-state index contributed by atoms with van der Waals surface area (Å²) in [6, 6.07) is 11.8. The standard InChI is InChI=1S/C25H33FN4O5S2/c1-20-5-11-24(12-6-20)37(33,34)29(14-13-28(2)3)18-23-17-27-25(30(23)15-16-35-4)36(31,32)19-21-7-9-22(26)10-8-21/h5-12,17H,13-16,18-19H2,1-4H3. The Morgan fingerprint density at radius 1 is 0.973 bits per heavy atom. The van der Waals surface area contributed by atoms with E-state index in [0.29, 0.717) is 17.8 Å². The van der Waals surface area contributed by atoms with Crippen molar-refractivity contribution >= 4 is 19.9 Å². The minimum absolute atomic E-state index is 0.0766. The molecular formula is C25H33FN4O5S2. The zero-order chi connectivity index (χ0) is 27.2. The highest BCUT2D eigenvalue weighted by Crippen LogP contribution is 2.23. The Morgan fingerprint density at radius 3 is 2.22 bits per heavy atom. The number of methoxy groups -OCH3 is 1. The Labute approximate surface area is 218 Å². The van der Waals surface area contributed by atoms with Gasteiger partial charge >= 0.3 is 0 Å². The van der Waals surface area contributed by atoms with Gasteiger partial charge in [0.2, 0.25) is 25.0 Å². The zero-order valence-electron chi connectivity index (χ0n) is 21.5. The topological polar surface area (TPSA) is 102 Å². The average molecular weight is 553 g/mol. The van der Waals surface area contributed by atoms with Crippen LogP contribution in [0.3, 0.4) is 0 Å². The average Bonchev–Trinajstić information content (AvgIpc) is 3.25. The predicted molar refractivity (Wildman–Crippen MR) is 139 cm³/mol. The molecule has 0 aliphatic rings. The predicted octanol–water partition coefficient (Wildman–Crippen LogP) is 2.70. The van der Waals surface area contributed by atoms with Gasteiger partial charge in [-0.25, -0.2) is 26.2 Å². The summed E-state index contributed by atoms with van der Waals surface area (Å²) in [5, 5.41) is -0.191. The van der Waals surface area contributed by atoms with Crippen LogP contribution in [0.15, 0.2) is 64.8 Å². The van der Waals surface area contributed by atoms with Crippen molar-refractivity contribution in [2.24, 2.45) is 0 Å².